The molecule has 0 saturated carbocycles. The maximum Gasteiger partial charge on any atom is 0.251 e. The molecule has 2 N–H and O–H groups in total. The second kappa shape index (κ2) is 6.93. The first-order valence-electron chi connectivity index (χ1n) is 7.28. The Kier molecular flexibility index (Phi) is 4.99. The van der Waals surface area contributed by atoms with Gasteiger partial charge < -0.3 is 10.6 Å². The lowest BCUT2D eigenvalue weighted by Crippen LogP contribution is -2.22. The van der Waals surface area contributed by atoms with E-state index in [2.05, 4.69) is 41.8 Å². The molecule has 1 amide bonds. The molecule has 0 fully saturated rings. The molecule has 0 spiro atoms. The average Bonchev–Trinajstić information content (AvgIpc) is 2.46. The Balaban J connectivity index is 2.12. The molecule has 0 bridgehead atoms. The van der Waals surface area contributed by atoms with Gasteiger partial charge in [0.05, 0.1) is 0 Å². The Labute approximate surface area is 126 Å². The number of hydrogen-bond acceptors (Lipinski definition) is 2. The third-order valence-electron chi connectivity index (χ3n) is 3.40. The van der Waals surface area contributed by atoms with Crippen LogP contribution in [0.2, 0.25) is 0 Å². The summed E-state index contributed by atoms with van der Waals surface area (Å²) in [5.41, 5.74) is 5.31. The van der Waals surface area contributed by atoms with Gasteiger partial charge in [-0.05, 0) is 44.0 Å². The van der Waals surface area contributed by atoms with Crippen LogP contribution < -0.4 is 10.6 Å². The van der Waals surface area contributed by atoms with Crippen LogP contribution >= 0.6 is 0 Å². The van der Waals surface area contributed by atoms with Crippen molar-refractivity contribution >= 4 is 11.6 Å². The molecule has 0 aliphatic carbocycles. The zero-order valence-electron chi connectivity index (χ0n) is 12.9. The minimum absolute atomic E-state index is 0.0314. The van der Waals surface area contributed by atoms with E-state index in [1.54, 1.807) is 0 Å². The third kappa shape index (κ3) is 4.09. The molecular weight excluding hydrogens is 260 g/mol. The summed E-state index contributed by atoms with van der Waals surface area (Å²) < 4.78 is 0. The number of carbonyl (C=O) groups excluding carboxylic acids is 1. The monoisotopic (exact) mass is 282 g/mol. The number of hydrogen-bond donors (Lipinski definition) is 2. The smallest absolute Gasteiger partial charge is 0.251 e. The van der Waals surface area contributed by atoms with E-state index in [1.807, 2.05) is 32.0 Å². The van der Waals surface area contributed by atoms with E-state index >= 15 is 0 Å². The van der Waals surface area contributed by atoms with E-state index in [-0.39, 0.29) is 5.91 Å². The van der Waals surface area contributed by atoms with Gasteiger partial charge in [0.15, 0.2) is 0 Å². The summed E-state index contributed by atoms with van der Waals surface area (Å²) in [5.74, 6) is -0.0314. The van der Waals surface area contributed by atoms with Crippen LogP contribution in [0.25, 0.3) is 0 Å². The van der Waals surface area contributed by atoms with Crippen molar-refractivity contribution in [1.82, 2.24) is 5.32 Å². The maximum absolute atomic E-state index is 11.9. The van der Waals surface area contributed by atoms with E-state index in [9.17, 15) is 4.79 Å². The van der Waals surface area contributed by atoms with Crippen molar-refractivity contribution in [2.45, 2.75) is 27.3 Å². The summed E-state index contributed by atoms with van der Waals surface area (Å²) in [7, 11) is 0. The highest BCUT2D eigenvalue weighted by Crippen LogP contribution is 2.18. The van der Waals surface area contributed by atoms with Gasteiger partial charge in [-0.3, -0.25) is 4.79 Å². The molecule has 3 nitrogen and oxygen atoms in total. The van der Waals surface area contributed by atoms with Crippen molar-refractivity contribution in [3.63, 3.8) is 0 Å². The molecule has 2 aromatic rings. The molecule has 0 saturated heterocycles. The molecule has 2 rings (SSSR count). The topological polar surface area (TPSA) is 41.1 Å². The van der Waals surface area contributed by atoms with Gasteiger partial charge in [0, 0.05) is 24.3 Å². The molecule has 21 heavy (non-hydrogen) atoms. The first-order chi connectivity index (χ1) is 10.1. The maximum atomic E-state index is 11.9. The van der Waals surface area contributed by atoms with Gasteiger partial charge in [0.25, 0.3) is 5.91 Å². The Morgan fingerprint density at radius 3 is 2.62 bits per heavy atom. The fraction of sp³-hybridized carbons (Fsp3) is 0.278. The zero-order chi connectivity index (χ0) is 15.2. The number of benzene rings is 2. The summed E-state index contributed by atoms with van der Waals surface area (Å²) in [6, 6.07) is 14.2. The van der Waals surface area contributed by atoms with Crippen LogP contribution in [0.4, 0.5) is 5.69 Å². The molecule has 0 unspecified atom stereocenters. The Morgan fingerprint density at radius 1 is 1.10 bits per heavy atom. The molecule has 0 radical (unpaired) electrons. The Bertz CT molecular complexity index is 635. The summed E-state index contributed by atoms with van der Waals surface area (Å²) in [5, 5.41) is 6.24. The predicted octanol–water partition coefficient (Wildman–Crippen LogP) is 3.67. The van der Waals surface area contributed by atoms with Gasteiger partial charge in [-0.25, -0.2) is 0 Å². The SMILES string of the molecule is CCNC(=O)c1ccc(C)c(NCc2cccc(C)c2)c1. The highest BCUT2D eigenvalue weighted by Gasteiger charge is 2.07. The Hall–Kier alpha value is -2.29. The van der Waals surface area contributed by atoms with Crippen molar-refractivity contribution in [1.29, 1.82) is 0 Å². The van der Waals surface area contributed by atoms with Gasteiger partial charge in [-0.15, -0.1) is 0 Å². The fourth-order valence-electron chi connectivity index (χ4n) is 2.24. The van der Waals surface area contributed by atoms with E-state index in [4.69, 9.17) is 0 Å². The lowest BCUT2D eigenvalue weighted by Gasteiger charge is -2.12. The minimum Gasteiger partial charge on any atom is -0.381 e. The molecule has 0 heterocycles. The van der Waals surface area contributed by atoms with Crippen molar-refractivity contribution in [3.05, 3.63) is 64.7 Å². The number of anilines is 1. The molecule has 0 aliphatic rings. The molecule has 3 heteroatoms. The van der Waals surface area contributed by atoms with Crippen LogP contribution in [0.5, 0.6) is 0 Å². The number of aryl methyl sites for hydroxylation is 2. The van der Waals surface area contributed by atoms with Crippen LogP contribution in [0, 0.1) is 13.8 Å². The third-order valence-corrected chi connectivity index (χ3v) is 3.40. The van der Waals surface area contributed by atoms with E-state index in [0.717, 1.165) is 17.8 Å². The highest BCUT2D eigenvalue weighted by atomic mass is 16.1. The van der Waals surface area contributed by atoms with Gasteiger partial charge in [0.2, 0.25) is 0 Å². The summed E-state index contributed by atoms with van der Waals surface area (Å²) in [4.78, 5) is 11.9. The van der Waals surface area contributed by atoms with Crippen molar-refractivity contribution < 1.29 is 4.79 Å². The van der Waals surface area contributed by atoms with Gasteiger partial charge in [0.1, 0.15) is 0 Å². The molecule has 110 valence electrons. The fourth-order valence-corrected chi connectivity index (χ4v) is 2.24. The van der Waals surface area contributed by atoms with Crippen LogP contribution in [0.3, 0.4) is 0 Å². The van der Waals surface area contributed by atoms with E-state index < -0.39 is 0 Å². The number of amides is 1. The average molecular weight is 282 g/mol. The normalized spacial score (nSPS) is 10.2. The minimum atomic E-state index is -0.0314. The molecule has 2 aromatic carbocycles. The largest absolute Gasteiger partial charge is 0.381 e. The summed E-state index contributed by atoms with van der Waals surface area (Å²) in [6.45, 7) is 7.44. The van der Waals surface area contributed by atoms with Crippen LogP contribution in [0.1, 0.15) is 34.0 Å². The lowest BCUT2D eigenvalue weighted by atomic mass is 10.1. The van der Waals surface area contributed by atoms with Crippen molar-refractivity contribution in [2.75, 3.05) is 11.9 Å². The summed E-state index contributed by atoms with van der Waals surface area (Å²) >= 11 is 0. The van der Waals surface area contributed by atoms with E-state index in [1.165, 1.54) is 11.1 Å². The summed E-state index contributed by atoms with van der Waals surface area (Å²) in [6.07, 6.45) is 0. The second-order valence-corrected chi connectivity index (χ2v) is 5.23. The van der Waals surface area contributed by atoms with Gasteiger partial charge >= 0.3 is 0 Å². The zero-order valence-corrected chi connectivity index (χ0v) is 12.9. The molecular formula is C18H22N2O. The van der Waals surface area contributed by atoms with Gasteiger partial charge in [-0.2, -0.15) is 0 Å². The second-order valence-electron chi connectivity index (χ2n) is 5.23. The molecule has 0 aromatic heterocycles. The van der Waals surface area contributed by atoms with Crippen LogP contribution in [-0.2, 0) is 6.54 Å². The number of nitrogens with one attached hydrogen (secondary N) is 2. The quantitative estimate of drug-likeness (QED) is 0.878. The molecule has 0 aliphatic heterocycles. The van der Waals surface area contributed by atoms with Crippen LogP contribution in [0.15, 0.2) is 42.5 Å². The highest BCUT2D eigenvalue weighted by molar-refractivity contribution is 5.95. The first-order valence-corrected chi connectivity index (χ1v) is 7.28. The number of rotatable bonds is 5. The van der Waals surface area contributed by atoms with Crippen molar-refractivity contribution in [2.24, 2.45) is 0 Å². The van der Waals surface area contributed by atoms with Crippen molar-refractivity contribution in [3.8, 4) is 0 Å². The van der Waals surface area contributed by atoms with Gasteiger partial charge in [-0.1, -0.05) is 35.9 Å². The number of carbonyl (C=O) groups is 1. The van der Waals surface area contributed by atoms with E-state index in [0.29, 0.717) is 12.1 Å². The Morgan fingerprint density at radius 2 is 1.90 bits per heavy atom. The molecule has 0 atom stereocenters. The lowest BCUT2D eigenvalue weighted by molar-refractivity contribution is 0.0956. The first kappa shape index (κ1) is 15.1. The predicted molar refractivity (Wildman–Crippen MR) is 87.7 cm³/mol. The standard InChI is InChI=1S/C18H22N2O/c1-4-19-18(21)16-9-8-14(3)17(11-16)20-12-15-7-5-6-13(2)10-15/h5-11,20H,4,12H2,1-3H3,(H,19,21). The van der Waals surface area contributed by atoms with Crippen LogP contribution in [-0.4, -0.2) is 12.5 Å².